The molecule has 150 valence electrons. The van der Waals surface area contributed by atoms with Crippen molar-refractivity contribution in [2.75, 3.05) is 13.7 Å². The number of ether oxygens (including phenoxy) is 2. The van der Waals surface area contributed by atoms with Crippen LogP contribution in [0.2, 0.25) is 15.1 Å². The molecule has 4 nitrogen and oxygen atoms in total. The zero-order valence-corrected chi connectivity index (χ0v) is 17.7. The van der Waals surface area contributed by atoms with E-state index in [2.05, 4.69) is 4.74 Å². The summed E-state index contributed by atoms with van der Waals surface area (Å²) in [4.78, 5) is 11.2. The van der Waals surface area contributed by atoms with E-state index in [0.29, 0.717) is 38.4 Å². The molecule has 0 aliphatic carbocycles. The maximum absolute atomic E-state index is 11.2. The first-order valence-corrected chi connectivity index (χ1v) is 9.76. The summed E-state index contributed by atoms with van der Waals surface area (Å²) in [5.74, 6) is 0.0261. The molecule has 1 N–H and O–H groups in total. The average Bonchev–Trinajstić information content (AvgIpc) is 2.70. The van der Waals surface area contributed by atoms with Crippen molar-refractivity contribution in [2.45, 2.75) is 6.42 Å². The molecule has 0 bridgehead atoms. The molecule has 0 aliphatic heterocycles. The van der Waals surface area contributed by atoms with Gasteiger partial charge in [-0.2, -0.15) is 0 Å². The molecule has 7 heteroatoms. The Bertz CT molecular complexity index is 1030. The van der Waals surface area contributed by atoms with Crippen molar-refractivity contribution in [2.24, 2.45) is 0 Å². The van der Waals surface area contributed by atoms with Crippen molar-refractivity contribution in [1.82, 2.24) is 0 Å². The fourth-order valence-electron chi connectivity index (χ4n) is 2.82. The van der Waals surface area contributed by atoms with Crippen molar-refractivity contribution >= 4 is 40.8 Å². The highest BCUT2D eigenvalue weighted by Crippen LogP contribution is 2.35. The summed E-state index contributed by atoms with van der Waals surface area (Å²) in [6.07, 6.45) is 0.447. The number of benzene rings is 3. The lowest BCUT2D eigenvalue weighted by atomic mass is 9.98. The topological polar surface area (TPSA) is 55.8 Å². The zero-order valence-electron chi connectivity index (χ0n) is 15.4. The van der Waals surface area contributed by atoms with E-state index in [1.807, 2.05) is 18.2 Å². The number of phenolic OH excluding ortho intramolecular Hbond substituents is 1. The fraction of sp³-hybridized carbons (Fsp3) is 0.136. The highest BCUT2D eigenvalue weighted by molar-refractivity contribution is 6.36. The van der Waals surface area contributed by atoms with Crippen LogP contribution in [-0.2, 0) is 16.0 Å². The van der Waals surface area contributed by atoms with Crippen molar-refractivity contribution in [3.8, 4) is 22.6 Å². The second-order valence-corrected chi connectivity index (χ2v) is 7.52. The van der Waals surface area contributed by atoms with Crippen LogP contribution in [0.5, 0.6) is 11.5 Å². The SMILES string of the molecule is COC(=O)COc1cc(Cl)c(Cc2ccc(O)c(-c3cccc(Cl)c3)c2)c(Cl)c1. The van der Waals surface area contributed by atoms with Crippen LogP contribution in [0.15, 0.2) is 54.6 Å². The maximum Gasteiger partial charge on any atom is 0.343 e. The van der Waals surface area contributed by atoms with Gasteiger partial charge in [0.2, 0.25) is 0 Å². The quantitative estimate of drug-likeness (QED) is 0.456. The van der Waals surface area contributed by atoms with Crippen molar-refractivity contribution in [3.05, 3.63) is 80.8 Å². The number of esters is 1. The van der Waals surface area contributed by atoms with Crippen LogP contribution in [0.4, 0.5) is 0 Å². The molecule has 0 radical (unpaired) electrons. The number of methoxy groups -OCH3 is 1. The largest absolute Gasteiger partial charge is 0.507 e. The molecule has 0 saturated carbocycles. The number of phenols is 1. The van der Waals surface area contributed by atoms with Crippen LogP contribution in [0, 0.1) is 0 Å². The number of halogens is 3. The van der Waals surface area contributed by atoms with E-state index in [1.165, 1.54) is 7.11 Å². The Hall–Kier alpha value is -2.40. The second kappa shape index (κ2) is 9.40. The summed E-state index contributed by atoms with van der Waals surface area (Å²) in [7, 11) is 1.28. The molecule has 0 saturated heterocycles. The lowest BCUT2D eigenvalue weighted by Gasteiger charge is -2.13. The van der Waals surface area contributed by atoms with E-state index < -0.39 is 5.97 Å². The van der Waals surface area contributed by atoms with Crippen molar-refractivity contribution < 1.29 is 19.4 Å². The Morgan fingerprint density at radius 2 is 1.72 bits per heavy atom. The lowest BCUT2D eigenvalue weighted by molar-refractivity contribution is -0.142. The minimum atomic E-state index is -0.501. The average molecular weight is 452 g/mol. The monoisotopic (exact) mass is 450 g/mol. The van der Waals surface area contributed by atoms with Gasteiger partial charge >= 0.3 is 5.97 Å². The van der Waals surface area contributed by atoms with Gasteiger partial charge in [-0.1, -0.05) is 53.0 Å². The first-order valence-electron chi connectivity index (χ1n) is 8.62. The molecule has 3 rings (SSSR count). The Morgan fingerprint density at radius 1 is 1.00 bits per heavy atom. The molecule has 0 heterocycles. The van der Waals surface area contributed by atoms with Crippen LogP contribution in [0.25, 0.3) is 11.1 Å². The van der Waals surface area contributed by atoms with Crippen LogP contribution in [0.3, 0.4) is 0 Å². The lowest BCUT2D eigenvalue weighted by Crippen LogP contribution is -2.12. The summed E-state index contributed by atoms with van der Waals surface area (Å²) < 4.78 is 9.88. The summed E-state index contributed by atoms with van der Waals surface area (Å²) >= 11 is 18.9. The molecule has 0 unspecified atom stereocenters. The third kappa shape index (κ3) is 5.36. The van der Waals surface area contributed by atoms with E-state index in [1.54, 1.807) is 36.4 Å². The van der Waals surface area contributed by atoms with E-state index in [0.717, 1.165) is 11.1 Å². The van der Waals surface area contributed by atoms with Gasteiger partial charge in [0.05, 0.1) is 7.11 Å². The minimum absolute atomic E-state index is 0.153. The molecule has 0 aliphatic rings. The van der Waals surface area contributed by atoms with Gasteiger partial charge < -0.3 is 14.6 Å². The van der Waals surface area contributed by atoms with Crippen LogP contribution in [0.1, 0.15) is 11.1 Å². The van der Waals surface area contributed by atoms with E-state index in [9.17, 15) is 9.90 Å². The van der Waals surface area contributed by atoms with Gasteiger partial charge in [-0.15, -0.1) is 0 Å². The molecule has 0 fully saturated rings. The molecule has 29 heavy (non-hydrogen) atoms. The van der Waals surface area contributed by atoms with Gasteiger partial charge in [-0.3, -0.25) is 0 Å². The summed E-state index contributed by atoms with van der Waals surface area (Å²) in [6, 6.07) is 15.8. The Kier molecular flexibility index (Phi) is 6.91. The predicted octanol–water partition coefficient (Wildman–Crippen LogP) is 6.16. The molecule has 0 spiro atoms. The number of hydrogen-bond donors (Lipinski definition) is 1. The van der Waals surface area contributed by atoms with Crippen LogP contribution < -0.4 is 4.74 Å². The highest BCUT2D eigenvalue weighted by Gasteiger charge is 2.13. The molecule has 3 aromatic rings. The predicted molar refractivity (Wildman–Crippen MR) is 115 cm³/mol. The molecule has 0 amide bonds. The van der Waals surface area contributed by atoms with Gasteiger partial charge in [-0.05, 0) is 53.1 Å². The van der Waals surface area contributed by atoms with Gasteiger partial charge in [0.1, 0.15) is 11.5 Å². The third-order valence-electron chi connectivity index (χ3n) is 4.28. The number of carbonyl (C=O) groups excluding carboxylic acids is 1. The third-order valence-corrected chi connectivity index (χ3v) is 5.19. The normalized spacial score (nSPS) is 10.6. The van der Waals surface area contributed by atoms with Crippen LogP contribution in [-0.4, -0.2) is 24.8 Å². The smallest absolute Gasteiger partial charge is 0.343 e. The molecule has 0 aromatic heterocycles. The maximum atomic E-state index is 11.2. The Morgan fingerprint density at radius 3 is 2.38 bits per heavy atom. The molecule has 0 atom stereocenters. The number of hydrogen-bond acceptors (Lipinski definition) is 4. The molecular formula is C22H17Cl3O4. The summed E-state index contributed by atoms with van der Waals surface area (Å²) in [6.45, 7) is -0.233. The number of aromatic hydroxyl groups is 1. The van der Waals surface area contributed by atoms with E-state index >= 15 is 0 Å². The van der Waals surface area contributed by atoms with Gasteiger partial charge in [-0.25, -0.2) is 4.79 Å². The summed E-state index contributed by atoms with van der Waals surface area (Å²) in [5.41, 5.74) is 3.09. The van der Waals surface area contributed by atoms with Gasteiger partial charge in [0, 0.05) is 27.1 Å². The Labute approximate surface area is 183 Å². The van der Waals surface area contributed by atoms with Crippen molar-refractivity contribution in [3.63, 3.8) is 0 Å². The van der Waals surface area contributed by atoms with E-state index in [4.69, 9.17) is 39.5 Å². The Balaban J connectivity index is 1.86. The first-order chi connectivity index (χ1) is 13.9. The molecule has 3 aromatic carbocycles. The highest BCUT2D eigenvalue weighted by atomic mass is 35.5. The van der Waals surface area contributed by atoms with Gasteiger partial charge in [0.15, 0.2) is 6.61 Å². The second-order valence-electron chi connectivity index (χ2n) is 6.27. The van der Waals surface area contributed by atoms with E-state index in [-0.39, 0.29) is 12.4 Å². The number of carbonyl (C=O) groups is 1. The number of rotatable bonds is 6. The standard InChI is InChI=1S/C22H17Cl3O4/c1-28-22(27)12-29-16-10-19(24)18(20(25)11-16)8-13-5-6-21(26)17(7-13)14-3-2-4-15(23)9-14/h2-7,9-11,26H,8,12H2,1H3. The van der Waals surface area contributed by atoms with Crippen molar-refractivity contribution in [1.29, 1.82) is 0 Å². The minimum Gasteiger partial charge on any atom is -0.507 e. The van der Waals surface area contributed by atoms with Crippen LogP contribution >= 0.6 is 34.8 Å². The van der Waals surface area contributed by atoms with Gasteiger partial charge in [0.25, 0.3) is 0 Å². The first kappa shape index (κ1) is 21.3. The fourth-order valence-corrected chi connectivity index (χ4v) is 3.61. The molecular weight excluding hydrogens is 435 g/mol. The summed E-state index contributed by atoms with van der Waals surface area (Å²) in [5, 5.41) is 11.7. The zero-order chi connectivity index (χ0) is 21.0.